The lowest BCUT2D eigenvalue weighted by Crippen LogP contribution is -2.53. The van der Waals surface area contributed by atoms with Gasteiger partial charge in [-0.15, -0.1) is 0 Å². The van der Waals surface area contributed by atoms with Gasteiger partial charge < -0.3 is 15.4 Å². The van der Waals surface area contributed by atoms with Gasteiger partial charge in [0.25, 0.3) is 5.91 Å². The Bertz CT molecular complexity index is 498. The molecular formula is C11H10F2N2O2. The van der Waals surface area contributed by atoms with Crippen LogP contribution in [0.25, 0.3) is 0 Å². The van der Waals surface area contributed by atoms with Crippen molar-refractivity contribution in [1.29, 1.82) is 0 Å². The molecule has 4 nitrogen and oxygen atoms in total. The summed E-state index contributed by atoms with van der Waals surface area (Å²) in [5, 5.41) is 5.35. The molecular weight excluding hydrogens is 230 g/mol. The van der Waals surface area contributed by atoms with E-state index in [2.05, 4.69) is 10.6 Å². The van der Waals surface area contributed by atoms with E-state index in [1.54, 1.807) is 0 Å². The van der Waals surface area contributed by atoms with Crippen LogP contribution < -0.4 is 10.6 Å². The highest BCUT2D eigenvalue weighted by atomic mass is 19.1. The predicted octanol–water partition coefficient (Wildman–Crippen LogP) is 1.49. The molecule has 1 spiro atoms. The fraction of sp³-hybridized carbons (Fsp3) is 0.364. The van der Waals surface area contributed by atoms with Crippen molar-refractivity contribution < 1.29 is 18.3 Å². The van der Waals surface area contributed by atoms with Gasteiger partial charge in [0.2, 0.25) is 0 Å². The Labute approximate surface area is 96.0 Å². The smallest absolute Gasteiger partial charge is 0.252 e. The summed E-state index contributed by atoms with van der Waals surface area (Å²) >= 11 is 0. The molecule has 90 valence electrons. The van der Waals surface area contributed by atoms with Gasteiger partial charge in [-0.1, -0.05) is 0 Å². The van der Waals surface area contributed by atoms with Crippen LogP contribution in [0.3, 0.4) is 0 Å². The van der Waals surface area contributed by atoms with E-state index >= 15 is 0 Å². The van der Waals surface area contributed by atoms with Gasteiger partial charge in [-0.2, -0.15) is 0 Å². The zero-order valence-electron chi connectivity index (χ0n) is 8.85. The number of hydrogen-bond acceptors (Lipinski definition) is 3. The predicted molar refractivity (Wildman–Crippen MR) is 56.8 cm³/mol. The first-order valence-electron chi connectivity index (χ1n) is 5.27. The van der Waals surface area contributed by atoms with Gasteiger partial charge >= 0.3 is 0 Å². The molecule has 1 amide bonds. The van der Waals surface area contributed by atoms with E-state index in [1.807, 2.05) is 0 Å². The number of hydrogen-bond donors (Lipinski definition) is 2. The van der Waals surface area contributed by atoms with Crippen molar-refractivity contribution in [2.75, 3.05) is 23.8 Å². The summed E-state index contributed by atoms with van der Waals surface area (Å²) in [7, 11) is 0. The van der Waals surface area contributed by atoms with Crippen molar-refractivity contribution in [3.8, 4) is 0 Å². The van der Waals surface area contributed by atoms with Crippen LogP contribution in [0.4, 0.5) is 20.2 Å². The molecule has 1 saturated heterocycles. The summed E-state index contributed by atoms with van der Waals surface area (Å²) < 4.78 is 31.7. The minimum Gasteiger partial charge on any atom is -0.378 e. The lowest BCUT2D eigenvalue weighted by molar-refractivity contribution is -0.120. The molecule has 17 heavy (non-hydrogen) atoms. The van der Waals surface area contributed by atoms with E-state index in [4.69, 9.17) is 4.74 Å². The van der Waals surface area contributed by atoms with Gasteiger partial charge in [-0.3, -0.25) is 4.79 Å². The van der Waals surface area contributed by atoms with Gasteiger partial charge in [0.05, 0.1) is 12.3 Å². The second-order valence-electron chi connectivity index (χ2n) is 4.27. The SMILES string of the molecule is O=C1Nc2c(F)cc(F)cc2NC12CCOC2. The topological polar surface area (TPSA) is 50.4 Å². The highest BCUT2D eigenvalue weighted by Crippen LogP contribution is 2.37. The Morgan fingerprint density at radius 2 is 2.18 bits per heavy atom. The molecule has 2 aliphatic rings. The molecule has 6 heteroatoms. The maximum atomic E-state index is 13.5. The molecule has 1 atom stereocenters. The normalized spacial score (nSPS) is 26.6. The van der Waals surface area contributed by atoms with Crippen molar-refractivity contribution in [3.63, 3.8) is 0 Å². The van der Waals surface area contributed by atoms with Gasteiger partial charge in [0.15, 0.2) is 5.82 Å². The Kier molecular flexibility index (Phi) is 2.09. The quantitative estimate of drug-likeness (QED) is 0.722. The van der Waals surface area contributed by atoms with Gasteiger partial charge in [0, 0.05) is 19.1 Å². The number of ether oxygens (including phenoxy) is 1. The van der Waals surface area contributed by atoms with Crippen LogP contribution in [-0.2, 0) is 9.53 Å². The van der Waals surface area contributed by atoms with Crippen molar-refractivity contribution in [2.45, 2.75) is 12.0 Å². The second-order valence-corrected chi connectivity index (χ2v) is 4.27. The third-order valence-electron chi connectivity index (χ3n) is 3.12. The first kappa shape index (κ1) is 10.5. The van der Waals surface area contributed by atoms with Crippen LogP contribution in [0, 0.1) is 11.6 Å². The highest BCUT2D eigenvalue weighted by molar-refractivity contribution is 6.06. The average Bonchev–Trinajstić information content (AvgIpc) is 2.71. The van der Waals surface area contributed by atoms with E-state index < -0.39 is 17.2 Å². The van der Waals surface area contributed by atoms with E-state index in [0.717, 1.165) is 12.1 Å². The molecule has 0 bridgehead atoms. The van der Waals surface area contributed by atoms with Crippen LogP contribution in [0.5, 0.6) is 0 Å². The molecule has 3 rings (SSSR count). The number of carbonyl (C=O) groups is 1. The lowest BCUT2D eigenvalue weighted by atomic mass is 9.94. The number of anilines is 2. The first-order valence-corrected chi connectivity index (χ1v) is 5.27. The molecule has 1 unspecified atom stereocenters. The third kappa shape index (κ3) is 1.48. The molecule has 0 saturated carbocycles. The van der Waals surface area contributed by atoms with E-state index in [0.29, 0.717) is 13.0 Å². The van der Waals surface area contributed by atoms with E-state index in [1.165, 1.54) is 0 Å². The van der Waals surface area contributed by atoms with Crippen molar-refractivity contribution >= 4 is 17.3 Å². The summed E-state index contributed by atoms with van der Waals surface area (Å²) in [4.78, 5) is 11.9. The number of fused-ring (bicyclic) bond motifs is 1. The molecule has 0 aliphatic carbocycles. The van der Waals surface area contributed by atoms with Crippen LogP contribution >= 0.6 is 0 Å². The van der Waals surface area contributed by atoms with Gasteiger partial charge in [0.1, 0.15) is 17.0 Å². The second kappa shape index (κ2) is 3.40. The van der Waals surface area contributed by atoms with Crippen molar-refractivity contribution in [3.05, 3.63) is 23.8 Å². The standard InChI is InChI=1S/C11H10F2N2O2/c12-6-3-7(13)9-8(4-6)15-11(10(16)14-9)1-2-17-5-11/h3-4,15H,1-2,5H2,(H,14,16). The van der Waals surface area contributed by atoms with Gasteiger partial charge in [-0.05, 0) is 6.07 Å². The Morgan fingerprint density at radius 1 is 1.35 bits per heavy atom. The molecule has 1 aromatic carbocycles. The van der Waals surface area contributed by atoms with Crippen LogP contribution in [0.2, 0.25) is 0 Å². The zero-order valence-corrected chi connectivity index (χ0v) is 8.85. The Hall–Kier alpha value is -1.69. The van der Waals surface area contributed by atoms with Crippen molar-refractivity contribution in [1.82, 2.24) is 0 Å². The first-order chi connectivity index (χ1) is 8.11. The fourth-order valence-corrected chi connectivity index (χ4v) is 2.19. The summed E-state index contributed by atoms with van der Waals surface area (Å²) in [6.07, 6.45) is 0.483. The average molecular weight is 240 g/mol. The molecule has 1 aromatic rings. The summed E-state index contributed by atoms with van der Waals surface area (Å²) in [5.41, 5.74) is -0.644. The fourth-order valence-electron chi connectivity index (χ4n) is 2.19. The largest absolute Gasteiger partial charge is 0.378 e. The van der Waals surface area contributed by atoms with E-state index in [-0.39, 0.29) is 23.9 Å². The molecule has 1 fully saturated rings. The molecule has 0 radical (unpaired) electrons. The van der Waals surface area contributed by atoms with Crippen LogP contribution in [0.15, 0.2) is 12.1 Å². The molecule has 0 aromatic heterocycles. The molecule has 2 heterocycles. The molecule has 2 N–H and O–H groups in total. The number of benzene rings is 1. The minimum absolute atomic E-state index is 0.00562. The number of nitrogens with one attached hydrogen (secondary N) is 2. The number of rotatable bonds is 0. The minimum atomic E-state index is -0.896. The van der Waals surface area contributed by atoms with Crippen molar-refractivity contribution in [2.24, 2.45) is 0 Å². The van der Waals surface area contributed by atoms with Gasteiger partial charge in [-0.25, -0.2) is 8.78 Å². The Morgan fingerprint density at radius 3 is 2.88 bits per heavy atom. The monoisotopic (exact) mass is 240 g/mol. The van der Waals surface area contributed by atoms with Crippen LogP contribution in [-0.4, -0.2) is 24.7 Å². The summed E-state index contributed by atoms with van der Waals surface area (Å²) in [6.45, 7) is 0.657. The number of halogens is 2. The van der Waals surface area contributed by atoms with E-state index in [9.17, 15) is 13.6 Å². The molecule has 2 aliphatic heterocycles. The third-order valence-corrected chi connectivity index (χ3v) is 3.12. The zero-order chi connectivity index (χ0) is 12.0. The maximum absolute atomic E-state index is 13.5. The number of carbonyl (C=O) groups excluding carboxylic acids is 1. The lowest BCUT2D eigenvalue weighted by Gasteiger charge is -2.34. The Balaban J connectivity index is 2.07. The highest BCUT2D eigenvalue weighted by Gasteiger charge is 2.46. The maximum Gasteiger partial charge on any atom is 0.252 e. The number of amides is 1. The van der Waals surface area contributed by atoms with Crippen LogP contribution in [0.1, 0.15) is 6.42 Å². The summed E-state index contributed by atoms with van der Waals surface area (Å²) in [5.74, 6) is -1.80. The summed E-state index contributed by atoms with van der Waals surface area (Å²) in [6, 6.07) is 1.90.